The van der Waals surface area contributed by atoms with Gasteiger partial charge in [0.2, 0.25) is 5.91 Å². The normalized spacial score (nSPS) is 11.2. The molecule has 2 heterocycles. The predicted octanol–water partition coefficient (Wildman–Crippen LogP) is 3.17. The highest BCUT2D eigenvalue weighted by molar-refractivity contribution is 5.93. The molecule has 0 spiro atoms. The van der Waals surface area contributed by atoms with Crippen LogP contribution in [0, 0.1) is 5.82 Å². The SMILES string of the molecule is CC(C)(CNc1ccc(-c2cccc(C(N)=O)c2)nn1)c1ncccc1F. The molecule has 0 aliphatic carbocycles. The molecule has 27 heavy (non-hydrogen) atoms. The zero-order valence-electron chi connectivity index (χ0n) is 15.1. The average molecular weight is 365 g/mol. The van der Waals surface area contributed by atoms with Gasteiger partial charge in [0.25, 0.3) is 0 Å². The highest BCUT2D eigenvalue weighted by Gasteiger charge is 2.25. The van der Waals surface area contributed by atoms with Gasteiger partial charge in [0.1, 0.15) is 11.6 Å². The van der Waals surface area contributed by atoms with Gasteiger partial charge in [-0.15, -0.1) is 10.2 Å². The average Bonchev–Trinajstić information content (AvgIpc) is 2.67. The monoisotopic (exact) mass is 365 g/mol. The molecule has 7 heteroatoms. The summed E-state index contributed by atoms with van der Waals surface area (Å²) in [7, 11) is 0. The van der Waals surface area contributed by atoms with Crippen molar-refractivity contribution in [2.24, 2.45) is 5.73 Å². The third kappa shape index (κ3) is 4.25. The van der Waals surface area contributed by atoms with Gasteiger partial charge in [-0.1, -0.05) is 26.0 Å². The predicted molar refractivity (Wildman–Crippen MR) is 102 cm³/mol. The van der Waals surface area contributed by atoms with Gasteiger partial charge in [-0.25, -0.2) is 4.39 Å². The molecule has 0 radical (unpaired) electrons. The molecule has 0 aliphatic rings. The van der Waals surface area contributed by atoms with Crippen LogP contribution in [-0.2, 0) is 5.41 Å². The number of hydrogen-bond donors (Lipinski definition) is 2. The Bertz CT molecular complexity index is 957. The van der Waals surface area contributed by atoms with Gasteiger partial charge in [-0.3, -0.25) is 9.78 Å². The van der Waals surface area contributed by atoms with E-state index in [1.54, 1.807) is 42.6 Å². The Labute approximate surface area is 156 Å². The number of primary amides is 1. The van der Waals surface area contributed by atoms with Crippen LogP contribution in [-0.4, -0.2) is 27.6 Å². The summed E-state index contributed by atoms with van der Waals surface area (Å²) in [6, 6.07) is 13.4. The third-order valence-corrected chi connectivity index (χ3v) is 4.22. The lowest BCUT2D eigenvalue weighted by Gasteiger charge is -2.24. The van der Waals surface area contributed by atoms with Crippen LogP contribution < -0.4 is 11.1 Å². The van der Waals surface area contributed by atoms with Crippen LogP contribution in [0.5, 0.6) is 0 Å². The first kappa shape index (κ1) is 18.4. The second-order valence-corrected chi connectivity index (χ2v) is 6.82. The molecule has 0 bridgehead atoms. The highest BCUT2D eigenvalue weighted by Crippen LogP contribution is 2.24. The molecule has 0 saturated heterocycles. The summed E-state index contributed by atoms with van der Waals surface area (Å²) in [4.78, 5) is 15.5. The van der Waals surface area contributed by atoms with Gasteiger partial charge in [0.05, 0.1) is 11.4 Å². The van der Waals surface area contributed by atoms with Crippen LogP contribution in [0.1, 0.15) is 29.9 Å². The number of hydrogen-bond acceptors (Lipinski definition) is 5. The van der Waals surface area contributed by atoms with Gasteiger partial charge in [-0.2, -0.15) is 0 Å². The molecule has 3 rings (SSSR count). The van der Waals surface area contributed by atoms with Gasteiger partial charge >= 0.3 is 0 Å². The Morgan fingerprint density at radius 3 is 2.63 bits per heavy atom. The summed E-state index contributed by atoms with van der Waals surface area (Å²) in [5.41, 5.74) is 6.96. The lowest BCUT2D eigenvalue weighted by molar-refractivity contribution is 0.100. The highest BCUT2D eigenvalue weighted by atomic mass is 19.1. The number of carbonyl (C=O) groups excluding carboxylic acids is 1. The molecular formula is C20H20FN5O. The number of rotatable bonds is 6. The van der Waals surface area contributed by atoms with Crippen LogP contribution in [0.2, 0.25) is 0 Å². The summed E-state index contributed by atoms with van der Waals surface area (Å²) in [6.07, 6.45) is 1.58. The lowest BCUT2D eigenvalue weighted by Crippen LogP contribution is -2.30. The van der Waals surface area contributed by atoms with Gasteiger partial charge in [0.15, 0.2) is 0 Å². The second kappa shape index (κ2) is 7.49. The zero-order valence-corrected chi connectivity index (χ0v) is 15.1. The molecule has 1 aromatic carbocycles. The Balaban J connectivity index is 1.72. The summed E-state index contributed by atoms with van der Waals surface area (Å²) in [6.45, 7) is 4.25. The Hall–Kier alpha value is -3.35. The fraction of sp³-hybridized carbons (Fsp3) is 0.200. The first-order valence-electron chi connectivity index (χ1n) is 8.46. The maximum Gasteiger partial charge on any atom is 0.248 e. The molecular weight excluding hydrogens is 345 g/mol. The van der Waals surface area contributed by atoms with E-state index in [2.05, 4.69) is 20.5 Å². The topological polar surface area (TPSA) is 93.8 Å². The minimum Gasteiger partial charge on any atom is -0.368 e. The van der Waals surface area contributed by atoms with Crippen LogP contribution in [0.15, 0.2) is 54.7 Å². The number of nitrogens with zero attached hydrogens (tertiary/aromatic N) is 3. The Morgan fingerprint density at radius 2 is 1.96 bits per heavy atom. The van der Waals surface area contributed by atoms with Crippen molar-refractivity contribution in [2.45, 2.75) is 19.3 Å². The number of pyridine rings is 1. The maximum atomic E-state index is 14.0. The number of amides is 1. The fourth-order valence-corrected chi connectivity index (χ4v) is 2.69. The van der Waals surface area contributed by atoms with Crippen LogP contribution in [0.25, 0.3) is 11.3 Å². The van der Waals surface area contributed by atoms with Crippen LogP contribution in [0.4, 0.5) is 10.2 Å². The van der Waals surface area contributed by atoms with Crippen LogP contribution in [0.3, 0.4) is 0 Å². The molecule has 3 N–H and O–H groups in total. The first-order chi connectivity index (χ1) is 12.9. The molecule has 6 nitrogen and oxygen atoms in total. The van der Waals surface area contributed by atoms with Crippen LogP contribution >= 0.6 is 0 Å². The Morgan fingerprint density at radius 1 is 1.15 bits per heavy atom. The van der Waals surface area contributed by atoms with E-state index < -0.39 is 11.3 Å². The van der Waals surface area contributed by atoms with E-state index in [0.717, 1.165) is 5.56 Å². The van der Waals surface area contributed by atoms with Crippen molar-refractivity contribution in [3.63, 3.8) is 0 Å². The first-order valence-corrected chi connectivity index (χ1v) is 8.46. The standard InChI is InChI=1S/C20H20FN5O/c1-20(2,18-15(21)7-4-10-23-18)12-24-17-9-8-16(25-26-17)13-5-3-6-14(11-13)19(22)27/h3-11H,12H2,1-2H3,(H2,22,27)(H,24,26). The van der Waals surface area contributed by atoms with E-state index in [4.69, 9.17) is 5.73 Å². The van der Waals surface area contributed by atoms with Gasteiger partial charge in [0, 0.05) is 29.3 Å². The van der Waals surface area contributed by atoms with E-state index in [-0.39, 0.29) is 5.82 Å². The molecule has 0 saturated carbocycles. The largest absolute Gasteiger partial charge is 0.368 e. The molecule has 1 amide bonds. The van der Waals surface area contributed by atoms with Gasteiger partial charge in [-0.05, 0) is 36.4 Å². The van der Waals surface area contributed by atoms with Crippen molar-refractivity contribution in [3.05, 3.63) is 71.8 Å². The van der Waals surface area contributed by atoms with Crippen molar-refractivity contribution in [1.82, 2.24) is 15.2 Å². The maximum absolute atomic E-state index is 14.0. The van der Waals surface area contributed by atoms with Gasteiger partial charge < -0.3 is 11.1 Å². The molecule has 0 aliphatic heterocycles. The molecule has 0 atom stereocenters. The molecule has 0 fully saturated rings. The van der Waals surface area contributed by atoms with Crippen molar-refractivity contribution < 1.29 is 9.18 Å². The number of carbonyl (C=O) groups is 1. The minimum atomic E-state index is -0.526. The summed E-state index contributed by atoms with van der Waals surface area (Å²) >= 11 is 0. The number of nitrogens with one attached hydrogen (secondary N) is 1. The number of nitrogens with two attached hydrogens (primary N) is 1. The lowest BCUT2D eigenvalue weighted by atomic mass is 9.88. The molecule has 0 unspecified atom stereocenters. The Kier molecular flexibility index (Phi) is 5.12. The number of anilines is 1. The van der Waals surface area contributed by atoms with E-state index in [1.807, 2.05) is 19.9 Å². The number of benzene rings is 1. The van der Waals surface area contributed by atoms with E-state index in [9.17, 15) is 9.18 Å². The second-order valence-electron chi connectivity index (χ2n) is 6.82. The third-order valence-electron chi connectivity index (χ3n) is 4.22. The van der Waals surface area contributed by atoms with E-state index >= 15 is 0 Å². The van der Waals surface area contributed by atoms with E-state index in [1.165, 1.54) is 6.07 Å². The van der Waals surface area contributed by atoms with Crippen molar-refractivity contribution in [2.75, 3.05) is 11.9 Å². The number of halogens is 1. The van der Waals surface area contributed by atoms with Crippen molar-refractivity contribution in [1.29, 1.82) is 0 Å². The summed E-state index contributed by atoms with van der Waals surface area (Å²) in [5.74, 6) is -0.263. The summed E-state index contributed by atoms with van der Waals surface area (Å²) in [5, 5.41) is 11.5. The zero-order chi connectivity index (χ0) is 19.4. The summed E-state index contributed by atoms with van der Waals surface area (Å²) < 4.78 is 14.0. The van der Waals surface area contributed by atoms with E-state index in [0.29, 0.717) is 29.3 Å². The molecule has 3 aromatic rings. The smallest absolute Gasteiger partial charge is 0.248 e. The van der Waals surface area contributed by atoms with Crippen molar-refractivity contribution >= 4 is 11.7 Å². The molecule has 2 aromatic heterocycles. The quantitative estimate of drug-likeness (QED) is 0.700. The molecule has 138 valence electrons. The van der Waals surface area contributed by atoms with Crippen molar-refractivity contribution in [3.8, 4) is 11.3 Å². The minimum absolute atomic E-state index is 0.333. The fourth-order valence-electron chi connectivity index (χ4n) is 2.69. The number of aromatic nitrogens is 3.